The number of nitrogens with zero attached hydrogens (tertiary/aromatic N) is 1. The highest BCUT2D eigenvalue weighted by atomic mass is 16.5. The Balaban J connectivity index is 2.38. The molecule has 0 unspecified atom stereocenters. The van der Waals surface area contributed by atoms with Crippen LogP contribution in [0.25, 0.3) is 0 Å². The number of para-hydroxylation sites is 1. The van der Waals surface area contributed by atoms with Crippen molar-refractivity contribution in [2.45, 2.75) is 20.8 Å². The van der Waals surface area contributed by atoms with Crippen LogP contribution in [-0.4, -0.2) is 13.3 Å². The van der Waals surface area contributed by atoms with Gasteiger partial charge in [-0.05, 0) is 44.0 Å². The molecular formula is C17H19NO. The Morgan fingerprint density at radius 3 is 2.26 bits per heavy atom. The number of aliphatic imine (C=N–C) groups is 1. The lowest BCUT2D eigenvalue weighted by atomic mass is 10.1. The average molecular weight is 253 g/mol. The highest BCUT2D eigenvalue weighted by molar-refractivity contribution is 5.86. The predicted octanol–water partition coefficient (Wildman–Crippen LogP) is 4.37. The van der Waals surface area contributed by atoms with Gasteiger partial charge in [0, 0.05) is 11.8 Å². The third-order valence-corrected chi connectivity index (χ3v) is 3.11. The number of methoxy groups -OCH3 is 1. The zero-order valence-corrected chi connectivity index (χ0v) is 11.9. The number of aryl methyl sites for hydroxylation is 3. The van der Waals surface area contributed by atoms with E-state index in [0.717, 1.165) is 17.0 Å². The second-order valence-corrected chi connectivity index (χ2v) is 4.75. The van der Waals surface area contributed by atoms with Crippen molar-refractivity contribution >= 4 is 11.9 Å². The van der Waals surface area contributed by atoms with Crippen LogP contribution in [0, 0.1) is 20.8 Å². The molecule has 0 N–H and O–H groups in total. The van der Waals surface area contributed by atoms with Gasteiger partial charge in [-0.3, -0.25) is 4.99 Å². The van der Waals surface area contributed by atoms with Crippen LogP contribution in [0.4, 0.5) is 5.69 Å². The molecule has 0 fully saturated rings. The van der Waals surface area contributed by atoms with Crippen molar-refractivity contribution in [2.24, 2.45) is 4.99 Å². The van der Waals surface area contributed by atoms with Gasteiger partial charge in [0.25, 0.3) is 0 Å². The Morgan fingerprint density at radius 1 is 1.00 bits per heavy atom. The van der Waals surface area contributed by atoms with Crippen molar-refractivity contribution in [3.05, 3.63) is 58.7 Å². The first-order valence-electron chi connectivity index (χ1n) is 6.36. The van der Waals surface area contributed by atoms with E-state index < -0.39 is 0 Å². The van der Waals surface area contributed by atoms with Crippen LogP contribution in [-0.2, 0) is 0 Å². The Kier molecular flexibility index (Phi) is 4.00. The second kappa shape index (κ2) is 5.70. The number of rotatable bonds is 3. The van der Waals surface area contributed by atoms with E-state index in [0.29, 0.717) is 0 Å². The quantitative estimate of drug-likeness (QED) is 0.744. The Bertz CT molecular complexity index is 591. The van der Waals surface area contributed by atoms with Gasteiger partial charge in [-0.2, -0.15) is 0 Å². The van der Waals surface area contributed by atoms with E-state index in [1.807, 2.05) is 30.5 Å². The molecule has 0 spiro atoms. The lowest BCUT2D eigenvalue weighted by molar-refractivity contribution is 0.414. The average Bonchev–Trinajstić information content (AvgIpc) is 2.38. The largest absolute Gasteiger partial charge is 0.496 e. The summed E-state index contributed by atoms with van der Waals surface area (Å²) in [6, 6.07) is 12.2. The summed E-state index contributed by atoms with van der Waals surface area (Å²) in [7, 11) is 1.68. The summed E-state index contributed by atoms with van der Waals surface area (Å²) in [5, 5.41) is 0. The fourth-order valence-corrected chi connectivity index (χ4v) is 2.28. The number of ether oxygens (including phenoxy) is 1. The van der Waals surface area contributed by atoms with Crippen molar-refractivity contribution in [1.82, 2.24) is 0 Å². The van der Waals surface area contributed by atoms with Gasteiger partial charge in [0.05, 0.1) is 12.8 Å². The van der Waals surface area contributed by atoms with Gasteiger partial charge in [0.2, 0.25) is 0 Å². The van der Waals surface area contributed by atoms with E-state index in [1.54, 1.807) is 7.11 Å². The molecule has 0 amide bonds. The van der Waals surface area contributed by atoms with Crippen LogP contribution < -0.4 is 4.74 Å². The van der Waals surface area contributed by atoms with E-state index in [1.165, 1.54) is 16.7 Å². The molecule has 0 aliphatic rings. The molecule has 0 saturated heterocycles. The molecule has 2 nitrogen and oxygen atoms in total. The minimum Gasteiger partial charge on any atom is -0.496 e. The van der Waals surface area contributed by atoms with Crippen molar-refractivity contribution in [2.75, 3.05) is 7.11 Å². The Labute approximate surface area is 114 Å². The van der Waals surface area contributed by atoms with Gasteiger partial charge < -0.3 is 4.74 Å². The van der Waals surface area contributed by atoms with Crippen LogP contribution in [0.1, 0.15) is 22.3 Å². The fraction of sp³-hybridized carbons (Fsp3) is 0.235. The molecule has 0 aliphatic heterocycles. The lowest BCUT2D eigenvalue weighted by Crippen LogP contribution is -1.90. The molecule has 2 aromatic rings. The van der Waals surface area contributed by atoms with E-state index >= 15 is 0 Å². The van der Waals surface area contributed by atoms with Gasteiger partial charge in [0.1, 0.15) is 5.75 Å². The molecule has 0 heterocycles. The predicted molar refractivity (Wildman–Crippen MR) is 80.9 cm³/mol. The van der Waals surface area contributed by atoms with Crippen molar-refractivity contribution in [3.8, 4) is 5.75 Å². The molecule has 0 radical (unpaired) electrons. The highest BCUT2D eigenvalue weighted by Crippen LogP contribution is 2.25. The standard InChI is InChI=1S/C17H19NO/c1-12-9-13(2)17(14(3)10-12)18-11-15-7-5-6-8-16(15)19-4/h5-11H,1-4H3. The smallest absolute Gasteiger partial charge is 0.127 e. The summed E-state index contributed by atoms with van der Waals surface area (Å²) in [4.78, 5) is 4.62. The molecule has 0 aromatic heterocycles. The zero-order valence-electron chi connectivity index (χ0n) is 11.9. The number of hydrogen-bond acceptors (Lipinski definition) is 2. The monoisotopic (exact) mass is 253 g/mol. The molecule has 2 heteroatoms. The first-order valence-corrected chi connectivity index (χ1v) is 6.36. The van der Waals surface area contributed by atoms with Crippen LogP contribution >= 0.6 is 0 Å². The van der Waals surface area contributed by atoms with Gasteiger partial charge >= 0.3 is 0 Å². The van der Waals surface area contributed by atoms with E-state index in [2.05, 4.69) is 37.9 Å². The fourth-order valence-electron chi connectivity index (χ4n) is 2.28. The summed E-state index contributed by atoms with van der Waals surface area (Å²) >= 11 is 0. The minimum absolute atomic E-state index is 0.841. The number of benzene rings is 2. The van der Waals surface area contributed by atoms with Crippen LogP contribution in [0.2, 0.25) is 0 Å². The number of hydrogen-bond donors (Lipinski definition) is 0. The maximum atomic E-state index is 5.32. The van der Waals surface area contributed by atoms with Gasteiger partial charge in [0.15, 0.2) is 0 Å². The van der Waals surface area contributed by atoms with Crippen LogP contribution in [0.3, 0.4) is 0 Å². The lowest BCUT2D eigenvalue weighted by Gasteiger charge is -2.07. The third-order valence-electron chi connectivity index (χ3n) is 3.11. The Hall–Kier alpha value is -2.09. The SMILES string of the molecule is COc1ccccc1C=Nc1c(C)cc(C)cc1C. The second-order valence-electron chi connectivity index (χ2n) is 4.75. The summed E-state index contributed by atoms with van der Waals surface area (Å²) in [6.45, 7) is 6.29. The summed E-state index contributed by atoms with van der Waals surface area (Å²) in [5.41, 5.74) is 5.69. The summed E-state index contributed by atoms with van der Waals surface area (Å²) < 4.78 is 5.32. The van der Waals surface area contributed by atoms with Gasteiger partial charge in [-0.1, -0.05) is 29.8 Å². The molecule has 19 heavy (non-hydrogen) atoms. The van der Waals surface area contributed by atoms with E-state index in [-0.39, 0.29) is 0 Å². The molecule has 98 valence electrons. The molecule has 2 aromatic carbocycles. The summed E-state index contributed by atoms with van der Waals surface area (Å²) in [5.74, 6) is 0.841. The maximum Gasteiger partial charge on any atom is 0.127 e. The van der Waals surface area contributed by atoms with E-state index in [9.17, 15) is 0 Å². The summed E-state index contributed by atoms with van der Waals surface area (Å²) in [6.07, 6.45) is 1.86. The molecule has 0 atom stereocenters. The maximum absolute atomic E-state index is 5.32. The van der Waals surface area contributed by atoms with Crippen molar-refractivity contribution in [1.29, 1.82) is 0 Å². The minimum atomic E-state index is 0.841. The van der Waals surface area contributed by atoms with Gasteiger partial charge in [-0.15, -0.1) is 0 Å². The highest BCUT2D eigenvalue weighted by Gasteiger charge is 2.03. The van der Waals surface area contributed by atoms with Crippen molar-refractivity contribution < 1.29 is 4.74 Å². The zero-order chi connectivity index (χ0) is 13.8. The topological polar surface area (TPSA) is 21.6 Å². The first kappa shape index (κ1) is 13.3. The van der Waals surface area contributed by atoms with Crippen LogP contribution in [0.15, 0.2) is 41.4 Å². The van der Waals surface area contributed by atoms with Crippen molar-refractivity contribution in [3.63, 3.8) is 0 Å². The molecular weight excluding hydrogens is 234 g/mol. The van der Waals surface area contributed by atoms with Gasteiger partial charge in [-0.25, -0.2) is 0 Å². The normalized spacial score (nSPS) is 10.9. The molecule has 0 saturated carbocycles. The molecule has 0 bridgehead atoms. The third kappa shape index (κ3) is 3.02. The molecule has 2 rings (SSSR count). The molecule has 0 aliphatic carbocycles. The van der Waals surface area contributed by atoms with Crippen LogP contribution in [0.5, 0.6) is 5.75 Å². The Morgan fingerprint density at radius 2 is 1.63 bits per heavy atom. The first-order chi connectivity index (χ1) is 9.11. The van der Waals surface area contributed by atoms with E-state index in [4.69, 9.17) is 4.74 Å².